The number of halogens is 1. The van der Waals surface area contributed by atoms with Gasteiger partial charge in [0, 0.05) is 31.7 Å². The molecule has 1 aliphatic rings. The van der Waals surface area contributed by atoms with E-state index in [2.05, 4.69) is 24.0 Å². The first-order valence-electron chi connectivity index (χ1n) is 9.00. The topological polar surface area (TPSA) is 40.6 Å². The van der Waals surface area contributed by atoms with Gasteiger partial charge in [0.2, 0.25) is 10.0 Å². The van der Waals surface area contributed by atoms with Gasteiger partial charge in [0.05, 0.1) is 0 Å². The second-order valence-corrected chi connectivity index (χ2v) is 8.52. The molecule has 0 N–H and O–H groups in total. The van der Waals surface area contributed by atoms with Gasteiger partial charge in [-0.1, -0.05) is 49.4 Å². The summed E-state index contributed by atoms with van der Waals surface area (Å²) < 4.78 is 41.5. The van der Waals surface area contributed by atoms with E-state index >= 15 is 0 Å². The fourth-order valence-corrected chi connectivity index (χ4v) is 5.42. The van der Waals surface area contributed by atoms with Crippen molar-refractivity contribution in [3.8, 4) is 0 Å². The Bertz CT molecular complexity index is 842. The smallest absolute Gasteiger partial charge is 0.246 e. The van der Waals surface area contributed by atoms with Gasteiger partial charge < -0.3 is 0 Å². The van der Waals surface area contributed by atoms with Crippen molar-refractivity contribution in [1.29, 1.82) is 0 Å². The van der Waals surface area contributed by atoms with Crippen LogP contribution in [0.4, 0.5) is 4.39 Å². The number of benzene rings is 2. The number of likely N-dealkylation sites (N-methyl/N-ethyl adjacent to an activating group) is 1. The zero-order chi connectivity index (χ0) is 18.7. The fraction of sp³-hybridized carbons (Fsp3) is 0.400. The minimum absolute atomic E-state index is 0.143. The molecule has 1 heterocycles. The lowest BCUT2D eigenvalue weighted by molar-refractivity contribution is 0.239. The van der Waals surface area contributed by atoms with Crippen LogP contribution in [0.5, 0.6) is 0 Å². The van der Waals surface area contributed by atoms with Crippen molar-refractivity contribution in [3.63, 3.8) is 0 Å². The predicted octanol–water partition coefficient (Wildman–Crippen LogP) is 3.67. The molecule has 0 spiro atoms. The number of hydrogen-bond acceptors (Lipinski definition) is 3. The highest BCUT2D eigenvalue weighted by Gasteiger charge is 2.37. The summed E-state index contributed by atoms with van der Waals surface area (Å²) in [6.07, 6.45) is 0.749. The van der Waals surface area contributed by atoms with E-state index in [1.807, 2.05) is 25.1 Å². The highest BCUT2D eigenvalue weighted by Crippen LogP contribution is 2.29. The average Bonchev–Trinajstić information content (AvgIpc) is 3.12. The number of sulfonamides is 1. The molecule has 4 nitrogen and oxygen atoms in total. The molecule has 2 aromatic rings. The van der Waals surface area contributed by atoms with Gasteiger partial charge >= 0.3 is 0 Å². The third-order valence-electron chi connectivity index (χ3n) is 5.17. The predicted molar refractivity (Wildman–Crippen MR) is 101 cm³/mol. The van der Waals surface area contributed by atoms with Crippen LogP contribution in [0.15, 0.2) is 59.5 Å². The lowest BCUT2D eigenvalue weighted by atomic mass is 10.1. The first-order chi connectivity index (χ1) is 12.4. The van der Waals surface area contributed by atoms with Crippen LogP contribution in [0.1, 0.15) is 31.9 Å². The molecular weight excluding hydrogens is 351 g/mol. The van der Waals surface area contributed by atoms with Gasteiger partial charge in [-0.3, -0.25) is 4.90 Å². The van der Waals surface area contributed by atoms with Crippen LogP contribution in [0.2, 0.25) is 0 Å². The van der Waals surface area contributed by atoms with E-state index in [1.54, 1.807) is 6.07 Å². The van der Waals surface area contributed by atoms with Crippen LogP contribution in [0.3, 0.4) is 0 Å². The van der Waals surface area contributed by atoms with Crippen molar-refractivity contribution < 1.29 is 12.8 Å². The fourth-order valence-electron chi connectivity index (χ4n) is 3.70. The monoisotopic (exact) mass is 376 g/mol. The Balaban J connectivity index is 1.79. The first-order valence-corrected chi connectivity index (χ1v) is 10.4. The normalized spacial score (nSPS) is 19.8. The van der Waals surface area contributed by atoms with E-state index in [-0.39, 0.29) is 17.0 Å². The molecule has 0 radical (unpaired) electrons. The molecule has 2 unspecified atom stereocenters. The maximum Gasteiger partial charge on any atom is 0.246 e. The molecule has 140 valence electrons. The van der Waals surface area contributed by atoms with Crippen LogP contribution in [0, 0.1) is 5.82 Å². The van der Waals surface area contributed by atoms with Crippen LogP contribution >= 0.6 is 0 Å². The quantitative estimate of drug-likeness (QED) is 0.772. The molecule has 2 atom stereocenters. The number of nitrogens with zero attached hydrogens (tertiary/aromatic N) is 2. The summed E-state index contributed by atoms with van der Waals surface area (Å²) in [7, 11) is -3.85. The Hall–Kier alpha value is -1.76. The number of rotatable bonds is 6. The Morgan fingerprint density at radius 3 is 2.46 bits per heavy atom. The standard InChI is InChI=1S/C20H25FN2O2S/c1-3-23(26(24,25)20-12-8-7-11-19(20)21)18-13-14-22(15-18)16(2)17-9-5-4-6-10-17/h4-12,16,18H,3,13-15H2,1-2H3. The van der Waals surface area contributed by atoms with E-state index in [4.69, 9.17) is 0 Å². The summed E-state index contributed by atoms with van der Waals surface area (Å²) >= 11 is 0. The average molecular weight is 376 g/mol. The SMILES string of the molecule is CCN(C1CCN(C(C)c2ccccc2)C1)S(=O)(=O)c1ccccc1F. The molecule has 0 aliphatic carbocycles. The molecule has 1 saturated heterocycles. The highest BCUT2D eigenvalue weighted by atomic mass is 32.2. The van der Waals surface area contributed by atoms with Crippen molar-refractivity contribution in [1.82, 2.24) is 9.21 Å². The molecule has 2 aromatic carbocycles. The molecule has 0 amide bonds. The zero-order valence-electron chi connectivity index (χ0n) is 15.2. The maximum absolute atomic E-state index is 14.1. The van der Waals surface area contributed by atoms with Crippen molar-refractivity contribution in [2.45, 2.75) is 37.2 Å². The van der Waals surface area contributed by atoms with Crippen LogP contribution < -0.4 is 0 Å². The molecule has 1 fully saturated rings. The van der Waals surface area contributed by atoms with E-state index in [0.29, 0.717) is 13.1 Å². The minimum atomic E-state index is -3.85. The molecule has 26 heavy (non-hydrogen) atoms. The summed E-state index contributed by atoms with van der Waals surface area (Å²) in [5, 5.41) is 0. The zero-order valence-corrected chi connectivity index (χ0v) is 16.0. The van der Waals surface area contributed by atoms with E-state index < -0.39 is 15.8 Å². The molecule has 0 saturated carbocycles. The van der Waals surface area contributed by atoms with Crippen LogP contribution in [-0.2, 0) is 10.0 Å². The molecule has 3 rings (SSSR count). The molecule has 1 aliphatic heterocycles. The highest BCUT2D eigenvalue weighted by molar-refractivity contribution is 7.89. The lowest BCUT2D eigenvalue weighted by Crippen LogP contribution is -2.42. The van der Waals surface area contributed by atoms with Gasteiger partial charge in [-0.05, 0) is 31.0 Å². The van der Waals surface area contributed by atoms with Gasteiger partial charge in [-0.2, -0.15) is 4.31 Å². The lowest BCUT2D eigenvalue weighted by Gasteiger charge is -2.29. The molecule has 6 heteroatoms. The summed E-state index contributed by atoms with van der Waals surface area (Å²) in [4.78, 5) is 2.05. The minimum Gasteiger partial charge on any atom is -0.295 e. The second-order valence-electron chi connectivity index (χ2n) is 6.66. The number of hydrogen-bond donors (Lipinski definition) is 0. The summed E-state index contributed by atoms with van der Waals surface area (Å²) in [6, 6.07) is 15.9. The number of likely N-dealkylation sites (tertiary alicyclic amines) is 1. The third-order valence-corrected chi connectivity index (χ3v) is 7.23. The maximum atomic E-state index is 14.1. The molecule has 0 bridgehead atoms. The van der Waals surface area contributed by atoms with E-state index in [9.17, 15) is 12.8 Å². The Kier molecular flexibility index (Phi) is 5.75. The van der Waals surface area contributed by atoms with Crippen LogP contribution in [0.25, 0.3) is 0 Å². The summed E-state index contributed by atoms with van der Waals surface area (Å²) in [6.45, 7) is 5.75. The van der Waals surface area contributed by atoms with Gasteiger partial charge in [0.25, 0.3) is 0 Å². The Morgan fingerprint density at radius 1 is 1.15 bits per heavy atom. The van der Waals surface area contributed by atoms with Gasteiger partial charge in [0.1, 0.15) is 10.7 Å². The molecular formula is C20H25FN2O2S. The molecule has 0 aromatic heterocycles. The Labute approximate surface area is 155 Å². The van der Waals surface area contributed by atoms with E-state index in [0.717, 1.165) is 13.0 Å². The van der Waals surface area contributed by atoms with Crippen LogP contribution in [-0.4, -0.2) is 43.3 Å². The largest absolute Gasteiger partial charge is 0.295 e. The summed E-state index contributed by atoms with van der Waals surface area (Å²) in [5.41, 5.74) is 1.22. The van der Waals surface area contributed by atoms with Gasteiger partial charge in [0.15, 0.2) is 0 Å². The van der Waals surface area contributed by atoms with Gasteiger partial charge in [-0.15, -0.1) is 0 Å². The van der Waals surface area contributed by atoms with E-state index in [1.165, 1.54) is 28.1 Å². The van der Waals surface area contributed by atoms with Crippen molar-refractivity contribution in [3.05, 3.63) is 66.0 Å². The summed E-state index contributed by atoms with van der Waals surface area (Å²) in [5.74, 6) is -0.696. The van der Waals surface area contributed by atoms with Crippen molar-refractivity contribution >= 4 is 10.0 Å². The Morgan fingerprint density at radius 2 is 1.81 bits per heavy atom. The third kappa shape index (κ3) is 3.68. The van der Waals surface area contributed by atoms with Crippen molar-refractivity contribution in [2.24, 2.45) is 0 Å². The van der Waals surface area contributed by atoms with Crippen molar-refractivity contribution in [2.75, 3.05) is 19.6 Å². The second kappa shape index (κ2) is 7.86. The van der Waals surface area contributed by atoms with Gasteiger partial charge in [-0.25, -0.2) is 12.8 Å². The first kappa shape index (κ1) is 19.0.